The molecule has 6 nitrogen and oxygen atoms in total. The molecule has 10 heteroatoms. The Balaban J connectivity index is 4.33. The summed E-state index contributed by atoms with van der Waals surface area (Å²) in [6.07, 6.45) is -5.66. The van der Waals surface area contributed by atoms with Gasteiger partial charge in [-0.2, -0.15) is 13.2 Å². The third kappa shape index (κ3) is 9.54. The molecule has 0 aromatic heterocycles. The molecule has 0 fully saturated rings. The van der Waals surface area contributed by atoms with Crippen molar-refractivity contribution in [3.05, 3.63) is 0 Å². The Labute approximate surface area is 109 Å². The van der Waals surface area contributed by atoms with Crippen LogP contribution in [0.4, 0.5) is 13.2 Å². The van der Waals surface area contributed by atoms with Gasteiger partial charge in [0.2, 0.25) is 10.0 Å². The monoisotopic (exact) mass is 305 g/mol. The van der Waals surface area contributed by atoms with Crippen molar-refractivity contribution in [2.24, 2.45) is 10.9 Å². The van der Waals surface area contributed by atoms with Crippen molar-refractivity contribution in [1.29, 1.82) is 0 Å². The second-order valence-electron chi connectivity index (χ2n) is 4.06. The van der Waals surface area contributed by atoms with Crippen LogP contribution in [0.5, 0.6) is 0 Å². The van der Waals surface area contributed by atoms with E-state index in [9.17, 15) is 21.6 Å². The lowest BCUT2D eigenvalue weighted by Gasteiger charge is -2.16. The number of hydrogen-bond acceptors (Lipinski definition) is 4. The van der Waals surface area contributed by atoms with Crippen LogP contribution in [0.15, 0.2) is 5.16 Å². The van der Waals surface area contributed by atoms with Crippen molar-refractivity contribution in [1.82, 2.24) is 4.72 Å². The predicted octanol–water partition coefficient (Wildman–Crippen LogP) is 1.16. The Bertz CT molecular complexity index is 395. The number of amidine groups is 1. The summed E-state index contributed by atoms with van der Waals surface area (Å²) < 4.78 is 61.0. The highest BCUT2D eigenvalue weighted by Gasteiger charge is 2.28. The first-order chi connectivity index (χ1) is 8.59. The quantitative estimate of drug-likeness (QED) is 0.271. The Morgan fingerprint density at radius 2 is 2.05 bits per heavy atom. The number of nitrogens with two attached hydrogens (primary N) is 1. The van der Waals surface area contributed by atoms with Crippen LogP contribution in [-0.2, 0) is 10.0 Å². The molecule has 0 saturated heterocycles. The summed E-state index contributed by atoms with van der Waals surface area (Å²) in [6, 6.07) is -0.605. The first kappa shape index (κ1) is 18.0. The molecule has 114 valence electrons. The lowest BCUT2D eigenvalue weighted by Crippen LogP contribution is -2.38. The lowest BCUT2D eigenvalue weighted by molar-refractivity contribution is -0.134. The summed E-state index contributed by atoms with van der Waals surface area (Å²) in [5.74, 6) is -0.760. The number of oxime groups is 1. The highest BCUT2D eigenvalue weighted by atomic mass is 32.2. The van der Waals surface area contributed by atoms with Crippen molar-refractivity contribution in [2.75, 3.05) is 5.75 Å². The summed E-state index contributed by atoms with van der Waals surface area (Å²) in [5, 5.41) is 11.1. The minimum atomic E-state index is -4.37. The average molecular weight is 305 g/mol. The smallest absolute Gasteiger partial charge is 0.389 e. The molecule has 0 bridgehead atoms. The van der Waals surface area contributed by atoms with E-state index < -0.39 is 40.8 Å². The molecule has 0 heterocycles. The molecule has 0 aromatic rings. The number of nitrogens with zero attached hydrogens (tertiary/aromatic N) is 1. The van der Waals surface area contributed by atoms with Crippen molar-refractivity contribution in [3.63, 3.8) is 0 Å². The standard InChI is InChI=1S/C9H18F3N3O3S/c1-2-7(6-8(13)14-16)15-19(17,18)5-3-4-9(10,11)12/h7,15-16H,2-6H2,1H3,(H2,13,14). The van der Waals surface area contributed by atoms with Gasteiger partial charge in [-0.25, -0.2) is 13.1 Å². The molecule has 0 rings (SSSR count). The van der Waals surface area contributed by atoms with Gasteiger partial charge in [0.1, 0.15) is 5.84 Å². The number of alkyl halides is 3. The Morgan fingerprint density at radius 3 is 2.47 bits per heavy atom. The van der Waals surface area contributed by atoms with Gasteiger partial charge >= 0.3 is 6.18 Å². The largest absolute Gasteiger partial charge is 0.409 e. The van der Waals surface area contributed by atoms with Crippen LogP contribution in [0.2, 0.25) is 0 Å². The molecule has 0 saturated carbocycles. The van der Waals surface area contributed by atoms with Crippen molar-refractivity contribution in [2.45, 2.75) is 44.8 Å². The fourth-order valence-electron chi connectivity index (χ4n) is 1.34. The molecule has 0 aliphatic heterocycles. The van der Waals surface area contributed by atoms with Crippen LogP contribution < -0.4 is 10.5 Å². The van der Waals surface area contributed by atoms with Crippen LogP contribution in [0.3, 0.4) is 0 Å². The van der Waals surface area contributed by atoms with Gasteiger partial charge in [-0.1, -0.05) is 12.1 Å². The molecule has 0 aliphatic carbocycles. The van der Waals surface area contributed by atoms with Crippen LogP contribution in [0.25, 0.3) is 0 Å². The zero-order valence-corrected chi connectivity index (χ0v) is 11.3. The van der Waals surface area contributed by atoms with Crippen LogP contribution >= 0.6 is 0 Å². The van der Waals surface area contributed by atoms with Gasteiger partial charge in [0, 0.05) is 18.9 Å². The van der Waals surface area contributed by atoms with Crippen LogP contribution in [0.1, 0.15) is 32.6 Å². The molecule has 0 aliphatic rings. The van der Waals surface area contributed by atoms with E-state index in [1.165, 1.54) is 0 Å². The normalized spacial score (nSPS) is 15.5. The van der Waals surface area contributed by atoms with Crippen molar-refractivity contribution < 1.29 is 26.8 Å². The van der Waals surface area contributed by atoms with E-state index in [-0.39, 0.29) is 12.3 Å². The number of halogens is 3. The second kappa shape index (κ2) is 7.53. The fraction of sp³-hybridized carbons (Fsp3) is 0.889. The van der Waals surface area contributed by atoms with Gasteiger partial charge in [0.15, 0.2) is 0 Å². The molecule has 0 spiro atoms. The molecule has 0 aromatic carbocycles. The Hall–Kier alpha value is -1.03. The molecular formula is C9H18F3N3O3S. The van der Waals surface area contributed by atoms with Crippen molar-refractivity contribution >= 4 is 15.9 Å². The summed E-state index contributed by atoms with van der Waals surface area (Å²) in [7, 11) is -3.81. The Kier molecular flexibility index (Phi) is 7.12. The lowest BCUT2D eigenvalue weighted by atomic mass is 10.1. The first-order valence-corrected chi connectivity index (χ1v) is 7.28. The molecular weight excluding hydrogens is 287 g/mol. The highest BCUT2D eigenvalue weighted by molar-refractivity contribution is 7.89. The maximum atomic E-state index is 11.9. The summed E-state index contributed by atoms with van der Waals surface area (Å²) in [4.78, 5) is 0. The maximum Gasteiger partial charge on any atom is 0.389 e. The van der Waals surface area contributed by atoms with E-state index in [1.54, 1.807) is 6.92 Å². The van der Waals surface area contributed by atoms with E-state index >= 15 is 0 Å². The summed E-state index contributed by atoms with van der Waals surface area (Å²) in [5.41, 5.74) is 5.24. The summed E-state index contributed by atoms with van der Waals surface area (Å²) in [6.45, 7) is 1.67. The number of nitrogens with one attached hydrogen (secondary N) is 1. The van der Waals surface area contributed by atoms with E-state index in [4.69, 9.17) is 10.9 Å². The van der Waals surface area contributed by atoms with Gasteiger partial charge < -0.3 is 10.9 Å². The Morgan fingerprint density at radius 1 is 1.47 bits per heavy atom. The summed E-state index contributed by atoms with van der Waals surface area (Å²) >= 11 is 0. The number of hydrogen-bond donors (Lipinski definition) is 3. The average Bonchev–Trinajstić information content (AvgIpc) is 2.25. The van der Waals surface area contributed by atoms with E-state index in [1.807, 2.05) is 0 Å². The SMILES string of the molecule is CCC(CC(N)=NO)NS(=O)(=O)CCCC(F)(F)F. The molecule has 4 N–H and O–H groups in total. The molecule has 1 unspecified atom stereocenters. The van der Waals surface area contributed by atoms with Gasteiger partial charge in [0.05, 0.1) is 5.75 Å². The molecule has 19 heavy (non-hydrogen) atoms. The van der Waals surface area contributed by atoms with Crippen LogP contribution in [0, 0.1) is 0 Å². The number of rotatable bonds is 8. The minimum absolute atomic E-state index is 0.00843. The van der Waals surface area contributed by atoms with Crippen molar-refractivity contribution in [3.8, 4) is 0 Å². The molecule has 1 atom stereocenters. The second-order valence-corrected chi connectivity index (χ2v) is 5.93. The zero-order chi connectivity index (χ0) is 15.1. The molecule has 0 radical (unpaired) electrons. The van der Waals surface area contributed by atoms with Gasteiger partial charge in [-0.3, -0.25) is 0 Å². The van der Waals surface area contributed by atoms with E-state index in [0.29, 0.717) is 6.42 Å². The zero-order valence-electron chi connectivity index (χ0n) is 10.4. The third-order valence-corrected chi connectivity index (χ3v) is 3.81. The van der Waals surface area contributed by atoms with E-state index in [2.05, 4.69) is 9.88 Å². The van der Waals surface area contributed by atoms with Gasteiger partial charge in [-0.05, 0) is 12.8 Å². The predicted molar refractivity (Wildman–Crippen MR) is 64.3 cm³/mol. The highest BCUT2D eigenvalue weighted by Crippen LogP contribution is 2.21. The van der Waals surface area contributed by atoms with Gasteiger partial charge in [-0.15, -0.1) is 0 Å². The molecule has 0 amide bonds. The first-order valence-electron chi connectivity index (χ1n) is 5.62. The maximum absolute atomic E-state index is 11.9. The topological polar surface area (TPSA) is 105 Å². The number of sulfonamides is 1. The van der Waals surface area contributed by atoms with Crippen LogP contribution in [-0.4, -0.2) is 37.4 Å². The minimum Gasteiger partial charge on any atom is -0.409 e. The van der Waals surface area contributed by atoms with Gasteiger partial charge in [0.25, 0.3) is 0 Å². The fourth-order valence-corrected chi connectivity index (χ4v) is 2.74. The third-order valence-electron chi connectivity index (χ3n) is 2.30. The van der Waals surface area contributed by atoms with E-state index in [0.717, 1.165) is 0 Å².